The largest absolute Gasteiger partial charge is 0.493 e. The van der Waals surface area contributed by atoms with Crippen molar-refractivity contribution in [3.63, 3.8) is 0 Å². The number of unbranched alkanes of at least 4 members (excludes halogenated alkanes) is 3. The monoisotopic (exact) mass is 293 g/mol. The van der Waals surface area contributed by atoms with Gasteiger partial charge in [-0.05, 0) is 38.1 Å². The van der Waals surface area contributed by atoms with E-state index < -0.39 is 0 Å². The van der Waals surface area contributed by atoms with Crippen LogP contribution in [0, 0.1) is 0 Å². The molecule has 0 fully saturated rings. The first kappa shape index (κ1) is 17.5. The molecule has 0 bridgehead atoms. The Morgan fingerprint density at radius 3 is 2.48 bits per heavy atom. The Morgan fingerprint density at radius 1 is 1.14 bits per heavy atom. The van der Waals surface area contributed by atoms with Gasteiger partial charge in [-0.2, -0.15) is 0 Å². The molecule has 0 amide bonds. The van der Waals surface area contributed by atoms with Crippen molar-refractivity contribution in [2.45, 2.75) is 45.6 Å². The van der Waals surface area contributed by atoms with Crippen molar-refractivity contribution in [3.05, 3.63) is 23.8 Å². The van der Waals surface area contributed by atoms with Crippen molar-refractivity contribution in [3.8, 4) is 11.5 Å². The van der Waals surface area contributed by atoms with Gasteiger partial charge in [0, 0.05) is 5.56 Å². The van der Waals surface area contributed by atoms with Crippen molar-refractivity contribution in [1.29, 1.82) is 0 Å². The highest BCUT2D eigenvalue weighted by Crippen LogP contribution is 2.27. The highest BCUT2D eigenvalue weighted by molar-refractivity contribution is 6.00. The number of hydrogen-bond donors (Lipinski definition) is 1. The number of hydrogen-bond acceptors (Lipinski definition) is 4. The Balaban J connectivity index is 2.57. The van der Waals surface area contributed by atoms with Crippen LogP contribution in [-0.4, -0.2) is 32.6 Å². The molecule has 0 aliphatic carbocycles. The predicted octanol–water partition coefficient (Wildman–Crippen LogP) is 3.44. The van der Waals surface area contributed by atoms with Crippen LogP contribution in [0.25, 0.3) is 0 Å². The van der Waals surface area contributed by atoms with Crippen molar-refractivity contribution in [1.82, 2.24) is 5.32 Å². The Labute approximate surface area is 127 Å². The van der Waals surface area contributed by atoms with Crippen LogP contribution in [0.15, 0.2) is 18.2 Å². The molecule has 0 heterocycles. The van der Waals surface area contributed by atoms with E-state index in [-0.39, 0.29) is 11.8 Å². The Bertz CT molecular complexity index is 446. The van der Waals surface area contributed by atoms with E-state index in [0.29, 0.717) is 17.1 Å². The van der Waals surface area contributed by atoms with E-state index in [2.05, 4.69) is 12.2 Å². The third-order valence-corrected chi connectivity index (χ3v) is 3.54. The molecule has 21 heavy (non-hydrogen) atoms. The van der Waals surface area contributed by atoms with Crippen molar-refractivity contribution >= 4 is 5.78 Å². The van der Waals surface area contributed by atoms with Gasteiger partial charge in [-0.1, -0.05) is 26.2 Å². The number of rotatable bonds is 10. The minimum Gasteiger partial charge on any atom is -0.493 e. The SMILES string of the molecule is CCCCCCNC(C)C(=O)c1ccc(OC)c(OC)c1. The molecule has 118 valence electrons. The molecule has 1 N–H and O–H groups in total. The van der Waals surface area contributed by atoms with Crippen LogP contribution < -0.4 is 14.8 Å². The van der Waals surface area contributed by atoms with Gasteiger partial charge < -0.3 is 14.8 Å². The van der Waals surface area contributed by atoms with Gasteiger partial charge in [0.2, 0.25) is 0 Å². The molecule has 0 aliphatic heterocycles. The summed E-state index contributed by atoms with van der Waals surface area (Å²) in [6.45, 7) is 4.97. The van der Waals surface area contributed by atoms with E-state index >= 15 is 0 Å². The number of nitrogens with one attached hydrogen (secondary N) is 1. The number of carbonyl (C=O) groups is 1. The van der Waals surface area contributed by atoms with Gasteiger partial charge in [0.15, 0.2) is 17.3 Å². The average Bonchev–Trinajstić information content (AvgIpc) is 2.53. The molecule has 0 aromatic heterocycles. The lowest BCUT2D eigenvalue weighted by molar-refractivity contribution is 0.0950. The van der Waals surface area contributed by atoms with Gasteiger partial charge in [0.1, 0.15) is 0 Å². The molecule has 1 unspecified atom stereocenters. The molecule has 1 atom stereocenters. The maximum atomic E-state index is 12.4. The van der Waals surface area contributed by atoms with Crippen molar-refractivity contribution in [2.75, 3.05) is 20.8 Å². The molecule has 0 saturated heterocycles. The Morgan fingerprint density at radius 2 is 1.86 bits per heavy atom. The first-order valence-corrected chi connectivity index (χ1v) is 7.63. The summed E-state index contributed by atoms with van der Waals surface area (Å²) in [6.07, 6.45) is 4.79. The lowest BCUT2D eigenvalue weighted by Gasteiger charge is -2.14. The minimum absolute atomic E-state index is 0.0754. The van der Waals surface area contributed by atoms with E-state index in [1.54, 1.807) is 32.4 Å². The summed E-state index contributed by atoms with van der Waals surface area (Å²) in [5.74, 6) is 1.29. The summed E-state index contributed by atoms with van der Waals surface area (Å²) in [7, 11) is 3.15. The van der Waals surface area contributed by atoms with Crippen molar-refractivity contribution < 1.29 is 14.3 Å². The molecular formula is C17H27NO3. The molecule has 0 radical (unpaired) electrons. The summed E-state index contributed by atoms with van der Waals surface area (Å²) in [5.41, 5.74) is 0.640. The normalized spacial score (nSPS) is 12.0. The van der Waals surface area contributed by atoms with Crippen LogP contribution in [0.4, 0.5) is 0 Å². The minimum atomic E-state index is -0.190. The molecule has 4 nitrogen and oxygen atoms in total. The fourth-order valence-electron chi connectivity index (χ4n) is 2.20. The molecule has 1 aromatic rings. The van der Waals surface area contributed by atoms with Gasteiger partial charge in [0.25, 0.3) is 0 Å². The smallest absolute Gasteiger partial charge is 0.179 e. The summed E-state index contributed by atoms with van der Waals surface area (Å²) in [4.78, 5) is 12.4. The molecule has 0 spiro atoms. The van der Waals surface area contributed by atoms with Crippen molar-refractivity contribution in [2.24, 2.45) is 0 Å². The average molecular weight is 293 g/mol. The molecular weight excluding hydrogens is 266 g/mol. The molecule has 0 saturated carbocycles. The van der Waals surface area contributed by atoms with Gasteiger partial charge in [0.05, 0.1) is 20.3 Å². The zero-order valence-corrected chi connectivity index (χ0v) is 13.6. The number of methoxy groups -OCH3 is 2. The van der Waals surface area contributed by atoms with E-state index in [4.69, 9.17) is 9.47 Å². The van der Waals surface area contributed by atoms with E-state index in [1.165, 1.54) is 19.3 Å². The fraction of sp³-hybridized carbons (Fsp3) is 0.588. The highest BCUT2D eigenvalue weighted by Gasteiger charge is 2.16. The molecule has 4 heteroatoms. The number of carbonyl (C=O) groups excluding carboxylic acids is 1. The Hall–Kier alpha value is -1.55. The maximum Gasteiger partial charge on any atom is 0.179 e. The second-order valence-electron chi connectivity index (χ2n) is 5.17. The van der Waals surface area contributed by atoms with Gasteiger partial charge in [-0.3, -0.25) is 4.79 Å². The van der Waals surface area contributed by atoms with Gasteiger partial charge in [-0.15, -0.1) is 0 Å². The van der Waals surface area contributed by atoms with Crippen LogP contribution in [-0.2, 0) is 0 Å². The number of benzene rings is 1. The second kappa shape index (κ2) is 9.40. The lowest BCUT2D eigenvalue weighted by Crippen LogP contribution is -2.34. The number of ether oxygens (including phenoxy) is 2. The Kier molecular flexibility index (Phi) is 7.83. The van der Waals surface area contributed by atoms with E-state index in [1.807, 2.05) is 6.92 Å². The van der Waals surface area contributed by atoms with E-state index in [0.717, 1.165) is 13.0 Å². The standard InChI is InChI=1S/C17H27NO3/c1-5-6-7-8-11-18-13(2)17(19)14-9-10-15(20-3)16(12-14)21-4/h9-10,12-13,18H,5-8,11H2,1-4H3. The summed E-state index contributed by atoms with van der Waals surface area (Å²) >= 11 is 0. The van der Waals surface area contributed by atoms with Crippen LogP contribution in [0.1, 0.15) is 49.9 Å². The number of Topliss-reactive ketones (excluding diaryl/α,β-unsaturated/α-hetero) is 1. The second-order valence-corrected chi connectivity index (χ2v) is 5.17. The first-order chi connectivity index (χ1) is 10.1. The summed E-state index contributed by atoms with van der Waals surface area (Å²) in [6, 6.07) is 5.08. The predicted molar refractivity (Wildman–Crippen MR) is 85.5 cm³/mol. The zero-order chi connectivity index (χ0) is 15.7. The van der Waals surface area contributed by atoms with Crippen LogP contribution in [0.2, 0.25) is 0 Å². The van der Waals surface area contributed by atoms with Gasteiger partial charge >= 0.3 is 0 Å². The van der Waals surface area contributed by atoms with Crippen LogP contribution >= 0.6 is 0 Å². The highest BCUT2D eigenvalue weighted by atomic mass is 16.5. The molecule has 1 aromatic carbocycles. The van der Waals surface area contributed by atoms with Crippen LogP contribution in [0.5, 0.6) is 11.5 Å². The topological polar surface area (TPSA) is 47.6 Å². The quantitative estimate of drug-likeness (QED) is 0.530. The summed E-state index contributed by atoms with van der Waals surface area (Å²) < 4.78 is 10.4. The zero-order valence-electron chi connectivity index (χ0n) is 13.6. The third kappa shape index (κ3) is 5.38. The number of ketones is 1. The maximum absolute atomic E-state index is 12.4. The van der Waals surface area contributed by atoms with Crippen LogP contribution in [0.3, 0.4) is 0 Å². The van der Waals surface area contributed by atoms with E-state index in [9.17, 15) is 4.79 Å². The molecule has 1 rings (SSSR count). The first-order valence-electron chi connectivity index (χ1n) is 7.63. The molecule has 0 aliphatic rings. The lowest BCUT2D eigenvalue weighted by atomic mass is 10.0. The van der Waals surface area contributed by atoms with Gasteiger partial charge in [-0.25, -0.2) is 0 Å². The summed E-state index contributed by atoms with van der Waals surface area (Å²) in [5, 5.41) is 3.28. The fourth-order valence-corrected chi connectivity index (χ4v) is 2.20. The third-order valence-electron chi connectivity index (χ3n) is 3.54.